The normalized spacial score (nSPS) is 16.7. The summed E-state index contributed by atoms with van der Waals surface area (Å²) in [5, 5.41) is 21.4. The van der Waals surface area contributed by atoms with Crippen molar-refractivity contribution in [3.05, 3.63) is 138 Å². The monoisotopic (exact) mass is 680 g/mol. The van der Waals surface area contributed by atoms with E-state index in [1.165, 1.54) is 23.1 Å². The molecule has 0 saturated carbocycles. The van der Waals surface area contributed by atoms with E-state index >= 15 is 0 Å². The van der Waals surface area contributed by atoms with Crippen LogP contribution in [0.4, 0.5) is 24.5 Å². The first kappa shape index (κ1) is 34.4. The number of hydrogen-bond donors (Lipinski definition) is 2. The Morgan fingerprint density at radius 3 is 1.58 bits per heavy atom. The molecular formula is C35H31F3N2O7S. The van der Waals surface area contributed by atoms with E-state index in [0.29, 0.717) is 11.3 Å². The van der Waals surface area contributed by atoms with Crippen LogP contribution in [0.3, 0.4) is 0 Å². The number of anilines is 2. The van der Waals surface area contributed by atoms with E-state index in [9.17, 15) is 41.4 Å². The van der Waals surface area contributed by atoms with Gasteiger partial charge >= 0.3 is 15.6 Å². The van der Waals surface area contributed by atoms with Crippen molar-refractivity contribution in [3.63, 3.8) is 0 Å². The molecule has 1 aliphatic rings. The van der Waals surface area contributed by atoms with Gasteiger partial charge in [0.05, 0.1) is 31.0 Å². The van der Waals surface area contributed by atoms with Crippen molar-refractivity contribution in [1.29, 1.82) is 0 Å². The summed E-state index contributed by atoms with van der Waals surface area (Å²) in [6.07, 6.45) is -3.72. The number of para-hydroxylation sites is 3. The van der Waals surface area contributed by atoms with Gasteiger partial charge in [-0.2, -0.15) is 21.6 Å². The van der Waals surface area contributed by atoms with Crippen molar-refractivity contribution >= 4 is 33.3 Å². The van der Waals surface area contributed by atoms with E-state index in [1.807, 2.05) is 18.2 Å². The van der Waals surface area contributed by atoms with Gasteiger partial charge in [0, 0.05) is 29.7 Å². The first-order valence-corrected chi connectivity index (χ1v) is 16.2. The second kappa shape index (κ2) is 14.4. The third-order valence-corrected chi connectivity index (χ3v) is 8.68. The number of aliphatic hydroxyl groups is 2. The molecule has 0 aromatic heterocycles. The Labute approximate surface area is 275 Å². The fourth-order valence-electron chi connectivity index (χ4n) is 5.30. The van der Waals surface area contributed by atoms with Crippen molar-refractivity contribution in [2.45, 2.75) is 43.6 Å². The number of aliphatic hydroxyl groups excluding tert-OH is 2. The largest absolute Gasteiger partial charge is 0.534 e. The van der Waals surface area contributed by atoms with Gasteiger partial charge in [0.2, 0.25) is 0 Å². The van der Waals surface area contributed by atoms with Gasteiger partial charge in [-0.15, -0.1) is 0 Å². The van der Waals surface area contributed by atoms with Crippen LogP contribution in [0.2, 0.25) is 0 Å². The van der Waals surface area contributed by atoms with Crippen molar-refractivity contribution in [1.82, 2.24) is 0 Å². The van der Waals surface area contributed by atoms with E-state index < -0.39 is 58.2 Å². The summed E-state index contributed by atoms with van der Waals surface area (Å²) in [6.45, 7) is -0.185. The lowest BCUT2D eigenvalue weighted by atomic mass is 9.85. The summed E-state index contributed by atoms with van der Waals surface area (Å²) in [4.78, 5) is 31.4. The maximum atomic E-state index is 14.6. The summed E-state index contributed by atoms with van der Waals surface area (Å²) >= 11 is 0. The highest BCUT2D eigenvalue weighted by atomic mass is 32.2. The minimum atomic E-state index is -6.13. The summed E-state index contributed by atoms with van der Waals surface area (Å²) < 4.78 is 68.6. The van der Waals surface area contributed by atoms with Gasteiger partial charge in [-0.1, -0.05) is 91.0 Å². The highest BCUT2D eigenvalue weighted by Crippen LogP contribution is 2.37. The zero-order valence-electron chi connectivity index (χ0n) is 25.3. The molecule has 13 heteroatoms. The summed E-state index contributed by atoms with van der Waals surface area (Å²) in [5.41, 5.74) is -4.62. The molecule has 48 heavy (non-hydrogen) atoms. The number of carbonyl (C=O) groups excluding carboxylic acids is 2. The van der Waals surface area contributed by atoms with Crippen molar-refractivity contribution in [2.24, 2.45) is 0 Å². The summed E-state index contributed by atoms with van der Waals surface area (Å²) in [5.74, 6) is -2.32. The molecule has 2 N–H and O–H groups in total. The molecule has 0 aliphatic heterocycles. The molecule has 4 aromatic carbocycles. The van der Waals surface area contributed by atoms with Gasteiger partial charge in [-0.05, 0) is 35.4 Å². The fourth-order valence-corrected chi connectivity index (χ4v) is 5.77. The molecule has 0 spiro atoms. The van der Waals surface area contributed by atoms with Crippen LogP contribution >= 0.6 is 0 Å². The Morgan fingerprint density at radius 1 is 0.667 bits per heavy atom. The molecule has 9 nitrogen and oxygen atoms in total. The first-order valence-electron chi connectivity index (χ1n) is 14.8. The summed E-state index contributed by atoms with van der Waals surface area (Å²) in [7, 11) is -6.13. The summed E-state index contributed by atoms with van der Waals surface area (Å²) in [6, 6.07) is 30.8. The molecule has 0 bridgehead atoms. The van der Waals surface area contributed by atoms with E-state index in [2.05, 4.69) is 4.18 Å². The number of halogens is 3. The highest BCUT2D eigenvalue weighted by Gasteiger charge is 2.49. The Bertz CT molecular complexity index is 1890. The predicted molar refractivity (Wildman–Crippen MR) is 172 cm³/mol. The van der Waals surface area contributed by atoms with Gasteiger partial charge in [-0.3, -0.25) is 9.59 Å². The zero-order valence-corrected chi connectivity index (χ0v) is 26.1. The molecule has 0 radical (unpaired) electrons. The SMILES string of the molecule is O=C(C1=C(C(=O)N(Cc2ccccc2)c2ccccc2OS(=O)(=O)C(F)(F)F)C[C@@H](O)[C@H](O)C1)N(Cc1ccccc1)c1ccccc1. The van der Waals surface area contributed by atoms with Gasteiger partial charge in [0.1, 0.15) is 0 Å². The first-order chi connectivity index (χ1) is 22.9. The van der Waals surface area contributed by atoms with Crippen LogP contribution < -0.4 is 14.0 Å². The average Bonchev–Trinajstić information content (AvgIpc) is 3.07. The standard InChI is InChI=1S/C35H31F3N2O7S/c36-35(37,38)48(45,46)47-32-19-11-10-18-29(32)40(23-25-14-6-2-7-15-25)34(44)28-21-31(42)30(41)20-27(28)33(43)39(26-16-8-3-9-17-26)22-24-12-4-1-5-13-24/h1-19,30-31,41-42H,20-23H2/t30-,31-/m1/s1. The van der Waals surface area contributed by atoms with E-state index in [0.717, 1.165) is 16.5 Å². The molecule has 5 rings (SSSR count). The maximum absolute atomic E-state index is 14.6. The number of alkyl halides is 3. The van der Waals surface area contributed by atoms with Crippen LogP contribution in [0.15, 0.2) is 126 Å². The number of amides is 2. The number of hydrogen-bond acceptors (Lipinski definition) is 7. The van der Waals surface area contributed by atoms with Crippen molar-refractivity contribution < 1.29 is 45.6 Å². The van der Waals surface area contributed by atoms with E-state index in [4.69, 9.17) is 0 Å². The second-order valence-corrected chi connectivity index (χ2v) is 12.6. The van der Waals surface area contributed by atoms with Crippen LogP contribution in [0.25, 0.3) is 0 Å². The Morgan fingerprint density at radius 2 is 1.08 bits per heavy atom. The predicted octanol–water partition coefficient (Wildman–Crippen LogP) is 5.49. The van der Waals surface area contributed by atoms with Crippen molar-refractivity contribution in [2.75, 3.05) is 9.80 Å². The van der Waals surface area contributed by atoms with Gasteiger partial charge in [0.15, 0.2) is 5.75 Å². The average molecular weight is 681 g/mol. The van der Waals surface area contributed by atoms with Gasteiger partial charge < -0.3 is 24.2 Å². The molecular weight excluding hydrogens is 649 g/mol. The molecule has 0 heterocycles. The van der Waals surface area contributed by atoms with Crippen molar-refractivity contribution in [3.8, 4) is 5.75 Å². The minimum absolute atomic E-state index is 0.0903. The third-order valence-electron chi connectivity index (χ3n) is 7.72. The van der Waals surface area contributed by atoms with E-state index in [-0.39, 0.29) is 29.9 Å². The van der Waals surface area contributed by atoms with E-state index in [1.54, 1.807) is 72.8 Å². The lowest BCUT2D eigenvalue weighted by Gasteiger charge is -2.33. The number of nitrogens with zero attached hydrogens (tertiary/aromatic N) is 2. The molecule has 250 valence electrons. The topological polar surface area (TPSA) is 124 Å². The molecule has 0 fully saturated rings. The highest BCUT2D eigenvalue weighted by molar-refractivity contribution is 7.88. The number of carbonyl (C=O) groups is 2. The maximum Gasteiger partial charge on any atom is 0.534 e. The molecule has 0 saturated heterocycles. The molecule has 0 unspecified atom stereocenters. The molecule has 1 aliphatic carbocycles. The second-order valence-electron chi connectivity index (χ2n) is 11.0. The van der Waals surface area contributed by atoms with Crippen LogP contribution in [-0.4, -0.2) is 48.2 Å². The minimum Gasteiger partial charge on any atom is -0.390 e. The molecule has 2 atom stereocenters. The molecule has 4 aromatic rings. The van der Waals surface area contributed by atoms with Crippen LogP contribution in [0, 0.1) is 0 Å². The van der Waals surface area contributed by atoms with Gasteiger partial charge in [-0.25, -0.2) is 0 Å². The number of rotatable bonds is 10. The van der Waals surface area contributed by atoms with Crippen LogP contribution in [0.1, 0.15) is 24.0 Å². The smallest absolute Gasteiger partial charge is 0.390 e. The lowest BCUT2D eigenvalue weighted by molar-refractivity contribution is -0.119. The van der Waals surface area contributed by atoms with Crippen LogP contribution in [-0.2, 0) is 32.8 Å². The quantitative estimate of drug-likeness (QED) is 0.168. The molecule has 2 amide bonds. The fraction of sp³-hybridized carbons (Fsp3) is 0.200. The Balaban J connectivity index is 1.64. The zero-order chi connectivity index (χ0) is 34.5. The number of benzene rings is 4. The third kappa shape index (κ3) is 7.76. The lowest BCUT2D eigenvalue weighted by Crippen LogP contribution is -2.43. The Hall–Kier alpha value is -4.98. The van der Waals surface area contributed by atoms with Crippen LogP contribution in [0.5, 0.6) is 5.75 Å². The van der Waals surface area contributed by atoms with Gasteiger partial charge in [0.25, 0.3) is 11.8 Å². The Kier molecular flexibility index (Phi) is 10.3.